The first-order valence-corrected chi connectivity index (χ1v) is 5.41. The van der Waals surface area contributed by atoms with Crippen LogP contribution >= 0.6 is 0 Å². The predicted molar refractivity (Wildman–Crippen MR) is 60.5 cm³/mol. The normalized spacial score (nSPS) is 25.7. The van der Waals surface area contributed by atoms with Crippen molar-refractivity contribution in [2.24, 2.45) is 5.73 Å². The molecule has 0 saturated carbocycles. The third-order valence-electron chi connectivity index (χ3n) is 3.00. The summed E-state index contributed by atoms with van der Waals surface area (Å²) in [5.41, 5.74) is 7.08. The van der Waals surface area contributed by atoms with E-state index >= 15 is 0 Å². The van der Waals surface area contributed by atoms with Gasteiger partial charge in [0.15, 0.2) is 0 Å². The number of rotatable bonds is 4. The quantitative estimate of drug-likeness (QED) is 0.769. The molecule has 0 radical (unpaired) electrons. The highest BCUT2D eigenvalue weighted by atomic mass is 16.5. The van der Waals surface area contributed by atoms with Crippen molar-refractivity contribution in [1.29, 1.82) is 0 Å². The van der Waals surface area contributed by atoms with Crippen LogP contribution in [0.2, 0.25) is 0 Å². The van der Waals surface area contributed by atoms with Gasteiger partial charge in [-0.1, -0.05) is 30.3 Å². The summed E-state index contributed by atoms with van der Waals surface area (Å²) in [4.78, 5) is 0. The minimum Gasteiger partial charge on any atom is -0.379 e. The van der Waals surface area contributed by atoms with E-state index in [1.165, 1.54) is 5.56 Å². The summed E-state index contributed by atoms with van der Waals surface area (Å²) < 4.78 is 5.40. The molecular weight excluding hydrogens is 188 g/mol. The molecule has 0 bridgehead atoms. The molecule has 1 aromatic carbocycles. The maximum atomic E-state index is 5.79. The topological polar surface area (TPSA) is 47.3 Å². The molecule has 82 valence electrons. The second kappa shape index (κ2) is 4.75. The molecule has 1 atom stereocenters. The average molecular weight is 206 g/mol. The van der Waals surface area contributed by atoms with Crippen LogP contribution in [0.25, 0.3) is 0 Å². The molecule has 0 aliphatic carbocycles. The van der Waals surface area contributed by atoms with E-state index in [0.717, 1.165) is 26.2 Å². The van der Waals surface area contributed by atoms with Gasteiger partial charge in [-0.15, -0.1) is 0 Å². The number of benzene rings is 1. The Balaban J connectivity index is 1.92. The Morgan fingerprint density at radius 3 is 2.73 bits per heavy atom. The van der Waals surface area contributed by atoms with Gasteiger partial charge in [0, 0.05) is 19.7 Å². The summed E-state index contributed by atoms with van der Waals surface area (Å²) in [6.07, 6.45) is 1.01. The lowest BCUT2D eigenvalue weighted by Crippen LogP contribution is -2.51. The van der Waals surface area contributed by atoms with Gasteiger partial charge in [-0.3, -0.25) is 0 Å². The maximum absolute atomic E-state index is 5.79. The zero-order valence-electron chi connectivity index (χ0n) is 8.91. The summed E-state index contributed by atoms with van der Waals surface area (Å²) in [6.45, 7) is 3.05. The van der Waals surface area contributed by atoms with E-state index in [0.29, 0.717) is 6.54 Å². The van der Waals surface area contributed by atoms with E-state index in [-0.39, 0.29) is 5.54 Å². The van der Waals surface area contributed by atoms with Gasteiger partial charge in [-0.25, -0.2) is 0 Å². The van der Waals surface area contributed by atoms with Crippen molar-refractivity contribution in [3.63, 3.8) is 0 Å². The van der Waals surface area contributed by atoms with Gasteiger partial charge < -0.3 is 15.8 Å². The Hall–Kier alpha value is -0.900. The zero-order valence-corrected chi connectivity index (χ0v) is 8.91. The van der Waals surface area contributed by atoms with Gasteiger partial charge in [0.25, 0.3) is 0 Å². The van der Waals surface area contributed by atoms with Gasteiger partial charge >= 0.3 is 0 Å². The zero-order chi connectivity index (χ0) is 10.6. The highest BCUT2D eigenvalue weighted by molar-refractivity contribution is 5.15. The van der Waals surface area contributed by atoms with Crippen LogP contribution in [-0.2, 0) is 11.3 Å². The predicted octanol–water partition coefficient (Wildman–Crippen LogP) is 0.894. The lowest BCUT2D eigenvalue weighted by molar-refractivity contribution is 0.168. The van der Waals surface area contributed by atoms with E-state index in [1.54, 1.807) is 0 Å². The standard InChI is InChI=1S/C12H18N2O/c13-9-12(6-7-15-10-12)14-8-11-4-2-1-3-5-11/h1-5,14H,6-10,13H2/t12-/m1/s1. The molecular formula is C12H18N2O. The van der Waals surface area contributed by atoms with Gasteiger partial charge in [0.05, 0.1) is 12.1 Å². The fraction of sp³-hybridized carbons (Fsp3) is 0.500. The first-order chi connectivity index (χ1) is 7.35. The van der Waals surface area contributed by atoms with Crippen LogP contribution in [0.3, 0.4) is 0 Å². The van der Waals surface area contributed by atoms with Crippen LogP contribution < -0.4 is 11.1 Å². The third kappa shape index (κ3) is 2.56. The number of nitrogens with two attached hydrogens (primary N) is 1. The van der Waals surface area contributed by atoms with Crippen molar-refractivity contribution >= 4 is 0 Å². The lowest BCUT2D eigenvalue weighted by atomic mass is 9.98. The molecule has 3 nitrogen and oxygen atoms in total. The van der Waals surface area contributed by atoms with Crippen molar-refractivity contribution < 1.29 is 4.74 Å². The second-order valence-corrected chi connectivity index (χ2v) is 4.13. The van der Waals surface area contributed by atoms with Crippen LogP contribution in [-0.4, -0.2) is 25.3 Å². The number of nitrogens with one attached hydrogen (secondary N) is 1. The molecule has 2 rings (SSSR count). The minimum absolute atomic E-state index is 0.00413. The van der Waals surface area contributed by atoms with Crippen LogP contribution in [0.1, 0.15) is 12.0 Å². The molecule has 3 N–H and O–H groups in total. The Bertz CT molecular complexity index is 294. The molecule has 1 aliphatic rings. The Labute approximate surface area is 90.6 Å². The molecule has 15 heavy (non-hydrogen) atoms. The van der Waals surface area contributed by atoms with Gasteiger partial charge in [-0.05, 0) is 12.0 Å². The monoisotopic (exact) mass is 206 g/mol. The molecule has 1 heterocycles. The summed E-state index contributed by atoms with van der Waals surface area (Å²) in [5, 5.41) is 3.51. The van der Waals surface area contributed by atoms with Crippen LogP contribution in [0.15, 0.2) is 30.3 Å². The van der Waals surface area contributed by atoms with E-state index in [4.69, 9.17) is 10.5 Å². The number of hydrogen-bond donors (Lipinski definition) is 2. The van der Waals surface area contributed by atoms with Crippen LogP contribution in [0, 0.1) is 0 Å². The first kappa shape index (κ1) is 10.6. The summed E-state index contributed by atoms with van der Waals surface area (Å²) in [5.74, 6) is 0. The van der Waals surface area contributed by atoms with Crippen LogP contribution in [0.5, 0.6) is 0 Å². The lowest BCUT2D eigenvalue weighted by Gasteiger charge is -2.27. The summed E-state index contributed by atoms with van der Waals surface area (Å²) >= 11 is 0. The summed E-state index contributed by atoms with van der Waals surface area (Å²) in [7, 11) is 0. The Kier molecular flexibility index (Phi) is 3.36. The third-order valence-corrected chi connectivity index (χ3v) is 3.00. The number of hydrogen-bond acceptors (Lipinski definition) is 3. The number of ether oxygens (including phenoxy) is 1. The first-order valence-electron chi connectivity index (χ1n) is 5.41. The van der Waals surface area contributed by atoms with Crippen molar-refractivity contribution in [3.05, 3.63) is 35.9 Å². The minimum atomic E-state index is -0.00413. The molecule has 1 fully saturated rings. The maximum Gasteiger partial charge on any atom is 0.0661 e. The fourth-order valence-electron chi connectivity index (χ4n) is 1.87. The largest absolute Gasteiger partial charge is 0.379 e. The van der Waals surface area contributed by atoms with Crippen molar-refractivity contribution in [2.45, 2.75) is 18.5 Å². The molecule has 0 unspecified atom stereocenters. The fourth-order valence-corrected chi connectivity index (χ4v) is 1.87. The SMILES string of the molecule is NC[C@]1(NCc2ccccc2)CCOC1. The van der Waals surface area contributed by atoms with E-state index in [9.17, 15) is 0 Å². The Morgan fingerprint density at radius 1 is 1.33 bits per heavy atom. The Morgan fingerprint density at radius 2 is 2.13 bits per heavy atom. The van der Waals surface area contributed by atoms with E-state index < -0.39 is 0 Å². The van der Waals surface area contributed by atoms with Crippen molar-refractivity contribution in [3.8, 4) is 0 Å². The second-order valence-electron chi connectivity index (χ2n) is 4.13. The highest BCUT2D eigenvalue weighted by Crippen LogP contribution is 2.17. The average Bonchev–Trinajstić information content (AvgIpc) is 2.77. The molecule has 3 heteroatoms. The molecule has 1 aromatic rings. The summed E-state index contributed by atoms with van der Waals surface area (Å²) in [6, 6.07) is 10.4. The van der Waals surface area contributed by atoms with Gasteiger partial charge in [0.1, 0.15) is 0 Å². The van der Waals surface area contributed by atoms with Crippen molar-refractivity contribution in [2.75, 3.05) is 19.8 Å². The van der Waals surface area contributed by atoms with Gasteiger partial charge in [0.2, 0.25) is 0 Å². The smallest absolute Gasteiger partial charge is 0.0661 e. The molecule has 0 aromatic heterocycles. The van der Waals surface area contributed by atoms with E-state index in [1.807, 2.05) is 6.07 Å². The molecule has 0 amide bonds. The molecule has 1 aliphatic heterocycles. The van der Waals surface area contributed by atoms with E-state index in [2.05, 4.69) is 29.6 Å². The van der Waals surface area contributed by atoms with Crippen LogP contribution in [0.4, 0.5) is 0 Å². The highest BCUT2D eigenvalue weighted by Gasteiger charge is 2.32. The molecule has 1 saturated heterocycles. The van der Waals surface area contributed by atoms with Gasteiger partial charge in [-0.2, -0.15) is 0 Å². The van der Waals surface area contributed by atoms with Crippen molar-refractivity contribution in [1.82, 2.24) is 5.32 Å². The molecule has 0 spiro atoms.